The van der Waals surface area contributed by atoms with E-state index >= 15 is 0 Å². The Kier molecular flexibility index (Phi) is 21.1. The van der Waals surface area contributed by atoms with Crippen molar-refractivity contribution in [3.05, 3.63) is 0 Å². The summed E-state index contributed by atoms with van der Waals surface area (Å²) in [6.45, 7) is -4.01. The van der Waals surface area contributed by atoms with Gasteiger partial charge in [-0.05, 0) is 68.6 Å². The molecule has 0 saturated heterocycles. The highest BCUT2D eigenvalue weighted by Crippen LogP contribution is 2.44. The summed E-state index contributed by atoms with van der Waals surface area (Å²) in [5, 5.41) is 129. The fourth-order valence-electron chi connectivity index (χ4n) is 5.65. The van der Waals surface area contributed by atoms with Crippen LogP contribution in [0.5, 0.6) is 0 Å². The van der Waals surface area contributed by atoms with Gasteiger partial charge in [0.05, 0.1) is 82.2 Å². The number of hydrogen-bond acceptors (Lipinski definition) is 13. The van der Waals surface area contributed by atoms with E-state index in [-0.39, 0.29) is 38.5 Å². The minimum Gasteiger partial charge on any atom is -0.481 e. The maximum absolute atomic E-state index is 12.4. The molecule has 0 aromatic carbocycles. The van der Waals surface area contributed by atoms with Gasteiger partial charge in [-0.1, -0.05) is 6.42 Å². The minimum absolute atomic E-state index is 0.0630. The largest absolute Gasteiger partial charge is 0.481 e. The first kappa shape index (κ1) is 39.0. The lowest BCUT2D eigenvalue weighted by atomic mass is 9.63. The van der Waals surface area contributed by atoms with Gasteiger partial charge in [-0.2, -0.15) is 0 Å². The molecule has 0 aromatic heterocycles. The topological polar surface area (TPSA) is 280 Å². The van der Waals surface area contributed by atoms with Gasteiger partial charge in [-0.15, -0.1) is 0 Å². The fraction of sp³-hybridized carbons (Fsp3) is 0.962. The van der Waals surface area contributed by atoms with Crippen molar-refractivity contribution in [3.8, 4) is 0 Å². The van der Waals surface area contributed by atoms with Crippen molar-refractivity contribution in [2.45, 2.75) is 88.0 Å². The smallest absolute Gasteiger partial charge is 0.306 e. The fourth-order valence-corrected chi connectivity index (χ4v) is 5.65. The zero-order valence-corrected chi connectivity index (χ0v) is 23.0. The third-order valence-electron chi connectivity index (χ3n) is 7.65. The van der Waals surface area contributed by atoms with Crippen molar-refractivity contribution in [2.24, 2.45) is 29.6 Å². The first-order chi connectivity index (χ1) is 18.9. The molecule has 0 saturated carbocycles. The lowest BCUT2D eigenvalue weighted by Gasteiger charge is -2.43. The predicted molar refractivity (Wildman–Crippen MR) is 141 cm³/mol. The van der Waals surface area contributed by atoms with E-state index in [1.165, 1.54) is 0 Å². The third kappa shape index (κ3) is 14.8. The summed E-state index contributed by atoms with van der Waals surface area (Å²) < 4.78 is 0. The van der Waals surface area contributed by atoms with Gasteiger partial charge in [0.2, 0.25) is 0 Å². The number of carboxylic acids is 1. The summed E-state index contributed by atoms with van der Waals surface area (Å²) in [7, 11) is 0. The Bertz CT molecular complexity index is 641. The Morgan fingerprint density at radius 3 is 1.25 bits per heavy atom. The quantitative estimate of drug-likeness (QED) is 0.0491. The van der Waals surface area contributed by atoms with Gasteiger partial charge in [-0.3, -0.25) is 4.79 Å². The molecule has 0 aliphatic rings. The van der Waals surface area contributed by atoms with Crippen LogP contribution in [-0.4, -0.2) is 149 Å². The summed E-state index contributed by atoms with van der Waals surface area (Å²) >= 11 is 0. The minimum atomic E-state index is -1.45. The highest BCUT2D eigenvalue weighted by atomic mass is 16.4. The van der Waals surface area contributed by atoms with E-state index in [0.29, 0.717) is 6.42 Å². The molecular weight excluding hydrogens is 536 g/mol. The molecule has 0 radical (unpaired) electrons. The zero-order valence-electron chi connectivity index (χ0n) is 23.0. The number of aliphatic hydroxyl groups is 12. The molecular formula is C26H52O14. The van der Waals surface area contributed by atoms with E-state index in [1.54, 1.807) is 0 Å². The van der Waals surface area contributed by atoms with Crippen LogP contribution in [0.25, 0.3) is 0 Å². The maximum atomic E-state index is 12.4. The molecule has 0 aliphatic heterocycles. The van der Waals surface area contributed by atoms with Crippen molar-refractivity contribution < 1.29 is 71.2 Å². The van der Waals surface area contributed by atoms with Crippen LogP contribution in [-0.2, 0) is 4.79 Å². The van der Waals surface area contributed by atoms with E-state index in [2.05, 4.69) is 0 Å². The maximum Gasteiger partial charge on any atom is 0.306 e. The molecule has 14 heteroatoms. The van der Waals surface area contributed by atoms with Crippen LogP contribution in [0, 0.1) is 29.6 Å². The molecule has 240 valence electrons. The number of carboxylic acid groups (broad SMARTS) is 1. The van der Waals surface area contributed by atoms with Crippen LogP contribution >= 0.6 is 0 Å². The Morgan fingerprint density at radius 2 is 0.825 bits per heavy atom. The molecule has 11 atom stereocenters. The van der Waals surface area contributed by atoms with Gasteiger partial charge in [0, 0.05) is 0 Å². The van der Waals surface area contributed by atoms with Crippen molar-refractivity contribution >= 4 is 5.97 Å². The van der Waals surface area contributed by atoms with Crippen molar-refractivity contribution in [1.29, 1.82) is 0 Å². The number of rotatable bonds is 25. The Balaban J connectivity index is 6.94. The summed E-state index contributed by atoms with van der Waals surface area (Å²) in [5.74, 6) is -6.29. The van der Waals surface area contributed by atoms with E-state index in [9.17, 15) is 71.2 Å². The van der Waals surface area contributed by atoms with Gasteiger partial charge in [-0.25, -0.2) is 0 Å². The lowest BCUT2D eigenvalue weighted by Crippen LogP contribution is -2.43. The Labute approximate surface area is 234 Å². The van der Waals surface area contributed by atoms with Gasteiger partial charge >= 0.3 is 5.97 Å². The summed E-state index contributed by atoms with van der Waals surface area (Å²) in [5.41, 5.74) is 0. The van der Waals surface area contributed by atoms with Crippen LogP contribution in [0.4, 0.5) is 0 Å². The second-order valence-corrected chi connectivity index (χ2v) is 10.8. The normalized spacial score (nSPS) is 20.5. The van der Waals surface area contributed by atoms with E-state index in [0.717, 1.165) is 0 Å². The van der Waals surface area contributed by atoms with Crippen LogP contribution in [0.2, 0.25) is 0 Å². The van der Waals surface area contributed by atoms with Crippen LogP contribution < -0.4 is 0 Å². The first-order valence-electron chi connectivity index (χ1n) is 13.8. The molecule has 0 aromatic rings. The average molecular weight is 589 g/mol. The number of aliphatic hydroxyl groups excluding tert-OH is 12. The molecule has 0 amide bonds. The molecule has 0 fully saturated rings. The molecule has 0 spiro atoms. The summed E-state index contributed by atoms with van der Waals surface area (Å²) in [6, 6.07) is 0. The second kappa shape index (κ2) is 21.7. The van der Waals surface area contributed by atoms with Crippen molar-refractivity contribution in [1.82, 2.24) is 0 Å². The molecule has 0 rings (SSSR count). The second-order valence-electron chi connectivity index (χ2n) is 10.8. The highest BCUT2D eigenvalue weighted by Gasteiger charge is 2.43. The molecule has 0 heterocycles. The number of carbonyl (C=O) groups is 1. The standard InChI is InChI=1S/C26H52O14/c27-9-16(33)3-1-2-15(4-17(34)10-28)22(5-18(35)11-29)23(6-19(36)12-30)24(7-20(37)13-31)25(26(39)40)8-21(38)14-32/h15-25,27-38H,1-14H2,(H,39,40). The van der Waals surface area contributed by atoms with E-state index in [4.69, 9.17) is 0 Å². The predicted octanol–water partition coefficient (Wildman–Crippen LogP) is -3.61. The number of aliphatic carboxylic acids is 1. The first-order valence-corrected chi connectivity index (χ1v) is 13.8. The third-order valence-corrected chi connectivity index (χ3v) is 7.65. The highest BCUT2D eigenvalue weighted by molar-refractivity contribution is 5.70. The van der Waals surface area contributed by atoms with Gasteiger partial charge < -0.3 is 66.4 Å². The SMILES string of the molecule is O=C(O)C(CC(O)CO)C(CC(O)CO)C(CC(O)CO)C(CC(O)CO)C(CCCC(O)CO)CC(O)CO. The van der Waals surface area contributed by atoms with Gasteiger partial charge in [0.25, 0.3) is 0 Å². The summed E-state index contributed by atoms with van der Waals surface area (Å²) in [4.78, 5) is 12.4. The molecule has 13 N–H and O–H groups in total. The van der Waals surface area contributed by atoms with Crippen molar-refractivity contribution in [3.63, 3.8) is 0 Å². The molecule has 40 heavy (non-hydrogen) atoms. The van der Waals surface area contributed by atoms with Gasteiger partial charge in [0.1, 0.15) is 0 Å². The zero-order chi connectivity index (χ0) is 30.8. The summed E-state index contributed by atoms with van der Waals surface area (Å²) in [6.07, 6.45) is -8.42. The average Bonchev–Trinajstić information content (AvgIpc) is 2.94. The van der Waals surface area contributed by atoms with Crippen LogP contribution in [0.15, 0.2) is 0 Å². The monoisotopic (exact) mass is 588 g/mol. The Hall–Kier alpha value is -1.01. The van der Waals surface area contributed by atoms with Crippen LogP contribution in [0.3, 0.4) is 0 Å². The van der Waals surface area contributed by atoms with E-state index < -0.39 is 118 Å². The van der Waals surface area contributed by atoms with Crippen LogP contribution in [0.1, 0.15) is 51.4 Å². The molecule has 0 aliphatic carbocycles. The lowest BCUT2D eigenvalue weighted by molar-refractivity contribution is -0.148. The Morgan fingerprint density at radius 1 is 0.450 bits per heavy atom. The molecule has 0 bridgehead atoms. The van der Waals surface area contributed by atoms with Gasteiger partial charge in [0.15, 0.2) is 0 Å². The van der Waals surface area contributed by atoms with E-state index in [1.807, 2.05) is 0 Å². The molecule has 14 nitrogen and oxygen atoms in total. The number of hydrogen-bond donors (Lipinski definition) is 13. The molecule has 11 unspecified atom stereocenters. The van der Waals surface area contributed by atoms with Crippen molar-refractivity contribution in [2.75, 3.05) is 39.6 Å².